The molecule has 1 saturated heterocycles. The molecule has 1 aliphatic rings. The molecule has 0 aromatic carbocycles. The zero-order valence-corrected chi connectivity index (χ0v) is 12.3. The molecule has 1 N–H and O–H groups in total. The minimum atomic E-state index is -0.697. The second-order valence-electron chi connectivity index (χ2n) is 6.23. The van der Waals surface area contributed by atoms with E-state index in [9.17, 15) is 4.79 Å². The highest BCUT2D eigenvalue weighted by Crippen LogP contribution is 2.26. The lowest BCUT2D eigenvalue weighted by Gasteiger charge is -2.29. The van der Waals surface area contributed by atoms with Crippen molar-refractivity contribution in [3.8, 4) is 0 Å². The van der Waals surface area contributed by atoms with E-state index in [4.69, 9.17) is 14.6 Å². The highest BCUT2D eigenvalue weighted by Gasteiger charge is 2.21. The summed E-state index contributed by atoms with van der Waals surface area (Å²) in [5, 5.41) is 8.57. The van der Waals surface area contributed by atoms with Crippen molar-refractivity contribution in [3.63, 3.8) is 0 Å². The zero-order valence-electron chi connectivity index (χ0n) is 12.3. The summed E-state index contributed by atoms with van der Waals surface area (Å²) in [7, 11) is 0. The number of hydrogen-bond acceptors (Lipinski definition) is 3. The minimum Gasteiger partial charge on any atom is -0.481 e. The molecule has 19 heavy (non-hydrogen) atoms. The molecule has 1 aliphatic heterocycles. The van der Waals surface area contributed by atoms with Gasteiger partial charge in [0, 0.05) is 13.0 Å². The van der Waals surface area contributed by atoms with Crippen LogP contribution in [0.15, 0.2) is 0 Å². The monoisotopic (exact) mass is 272 g/mol. The molecule has 1 fully saturated rings. The molecule has 0 bridgehead atoms. The molecule has 0 radical (unpaired) electrons. The summed E-state index contributed by atoms with van der Waals surface area (Å²) < 4.78 is 11.4. The van der Waals surface area contributed by atoms with Crippen molar-refractivity contribution in [2.45, 2.75) is 71.5 Å². The van der Waals surface area contributed by atoms with Crippen molar-refractivity contribution in [2.75, 3.05) is 13.2 Å². The SMILES string of the molecule is CC(C)(CCCCCC(=O)O)COC1CCCCO1. The topological polar surface area (TPSA) is 55.8 Å². The summed E-state index contributed by atoms with van der Waals surface area (Å²) in [6.45, 7) is 5.94. The van der Waals surface area contributed by atoms with Gasteiger partial charge in [-0.15, -0.1) is 0 Å². The number of rotatable bonds is 9. The molecule has 112 valence electrons. The molecule has 4 nitrogen and oxygen atoms in total. The Hall–Kier alpha value is -0.610. The lowest BCUT2D eigenvalue weighted by atomic mass is 9.88. The predicted molar refractivity (Wildman–Crippen MR) is 74.0 cm³/mol. The first-order valence-corrected chi connectivity index (χ1v) is 7.45. The average Bonchev–Trinajstić information content (AvgIpc) is 2.37. The van der Waals surface area contributed by atoms with Gasteiger partial charge in [-0.1, -0.05) is 26.7 Å². The lowest BCUT2D eigenvalue weighted by Crippen LogP contribution is -2.28. The maximum Gasteiger partial charge on any atom is 0.303 e. The van der Waals surface area contributed by atoms with Gasteiger partial charge in [-0.3, -0.25) is 4.79 Å². The van der Waals surface area contributed by atoms with Crippen LogP contribution in [0.1, 0.15) is 65.2 Å². The highest BCUT2D eigenvalue weighted by atomic mass is 16.7. The maximum atomic E-state index is 10.4. The van der Waals surface area contributed by atoms with E-state index in [1.807, 2.05) is 0 Å². The van der Waals surface area contributed by atoms with Gasteiger partial charge in [-0.05, 0) is 37.5 Å². The van der Waals surface area contributed by atoms with E-state index in [1.54, 1.807) is 0 Å². The van der Waals surface area contributed by atoms with Crippen LogP contribution in [0.25, 0.3) is 0 Å². The number of unbranched alkanes of at least 4 members (excludes halogenated alkanes) is 2. The van der Waals surface area contributed by atoms with Crippen LogP contribution in [0.4, 0.5) is 0 Å². The van der Waals surface area contributed by atoms with Gasteiger partial charge in [0.05, 0.1) is 6.61 Å². The lowest BCUT2D eigenvalue weighted by molar-refractivity contribution is -0.176. The Morgan fingerprint density at radius 1 is 1.32 bits per heavy atom. The van der Waals surface area contributed by atoms with Gasteiger partial charge in [-0.2, -0.15) is 0 Å². The van der Waals surface area contributed by atoms with Gasteiger partial charge in [0.25, 0.3) is 0 Å². The van der Waals surface area contributed by atoms with Crippen LogP contribution >= 0.6 is 0 Å². The molecule has 0 amide bonds. The van der Waals surface area contributed by atoms with E-state index in [0.717, 1.165) is 51.7 Å². The standard InChI is InChI=1S/C15H28O4/c1-15(2,10-6-3-4-8-13(16)17)12-19-14-9-5-7-11-18-14/h14H,3-12H2,1-2H3,(H,16,17). The molecule has 1 unspecified atom stereocenters. The Bertz CT molecular complexity index is 257. The van der Waals surface area contributed by atoms with Gasteiger partial charge in [0.15, 0.2) is 6.29 Å². The summed E-state index contributed by atoms with van der Waals surface area (Å²) in [6.07, 6.45) is 7.51. The molecule has 0 aromatic heterocycles. The Balaban J connectivity index is 2.07. The first-order valence-electron chi connectivity index (χ1n) is 7.45. The number of aliphatic carboxylic acids is 1. The quantitative estimate of drug-likeness (QED) is 0.652. The molecular formula is C15H28O4. The van der Waals surface area contributed by atoms with E-state index >= 15 is 0 Å². The van der Waals surface area contributed by atoms with Crippen LogP contribution in [0.2, 0.25) is 0 Å². The highest BCUT2D eigenvalue weighted by molar-refractivity contribution is 5.66. The number of carboxylic acids is 1. The minimum absolute atomic E-state index is 0.0139. The van der Waals surface area contributed by atoms with Crippen molar-refractivity contribution in [2.24, 2.45) is 5.41 Å². The van der Waals surface area contributed by atoms with Crippen LogP contribution < -0.4 is 0 Å². The van der Waals surface area contributed by atoms with Gasteiger partial charge >= 0.3 is 5.97 Å². The van der Waals surface area contributed by atoms with Gasteiger partial charge in [-0.25, -0.2) is 0 Å². The van der Waals surface area contributed by atoms with E-state index in [1.165, 1.54) is 6.42 Å². The summed E-state index contributed by atoms with van der Waals surface area (Å²) in [6, 6.07) is 0. The Labute approximate surface area is 116 Å². The fraction of sp³-hybridized carbons (Fsp3) is 0.933. The summed E-state index contributed by atoms with van der Waals surface area (Å²) >= 11 is 0. The predicted octanol–water partition coefficient (Wildman–Crippen LogP) is 3.59. The van der Waals surface area contributed by atoms with Crippen molar-refractivity contribution >= 4 is 5.97 Å². The Kier molecular flexibility index (Phi) is 7.39. The average molecular weight is 272 g/mol. The van der Waals surface area contributed by atoms with E-state index in [0.29, 0.717) is 0 Å². The molecular weight excluding hydrogens is 244 g/mol. The smallest absolute Gasteiger partial charge is 0.303 e. The zero-order chi connectivity index (χ0) is 14.1. The van der Waals surface area contributed by atoms with Crippen molar-refractivity contribution in [3.05, 3.63) is 0 Å². The van der Waals surface area contributed by atoms with E-state index in [2.05, 4.69) is 13.8 Å². The number of carbonyl (C=O) groups is 1. The second-order valence-corrected chi connectivity index (χ2v) is 6.23. The Morgan fingerprint density at radius 2 is 2.11 bits per heavy atom. The van der Waals surface area contributed by atoms with Gasteiger partial charge < -0.3 is 14.6 Å². The first kappa shape index (κ1) is 16.4. The van der Waals surface area contributed by atoms with E-state index in [-0.39, 0.29) is 18.1 Å². The number of carboxylic acid groups (broad SMARTS) is 1. The van der Waals surface area contributed by atoms with Crippen molar-refractivity contribution < 1.29 is 19.4 Å². The van der Waals surface area contributed by atoms with Crippen LogP contribution in [0.5, 0.6) is 0 Å². The maximum absolute atomic E-state index is 10.4. The summed E-state index contributed by atoms with van der Waals surface area (Å²) in [4.78, 5) is 10.4. The van der Waals surface area contributed by atoms with Crippen LogP contribution in [-0.4, -0.2) is 30.6 Å². The molecule has 0 saturated carbocycles. The third-order valence-corrected chi connectivity index (χ3v) is 3.54. The van der Waals surface area contributed by atoms with Crippen molar-refractivity contribution in [1.29, 1.82) is 0 Å². The number of hydrogen-bond donors (Lipinski definition) is 1. The molecule has 0 aliphatic carbocycles. The van der Waals surface area contributed by atoms with E-state index < -0.39 is 5.97 Å². The summed E-state index contributed by atoms with van der Waals surface area (Å²) in [5.74, 6) is -0.697. The Morgan fingerprint density at radius 3 is 2.74 bits per heavy atom. The van der Waals surface area contributed by atoms with Crippen LogP contribution in [-0.2, 0) is 14.3 Å². The van der Waals surface area contributed by atoms with Gasteiger partial charge in [0.1, 0.15) is 0 Å². The fourth-order valence-electron chi connectivity index (χ4n) is 2.29. The van der Waals surface area contributed by atoms with Crippen LogP contribution in [0, 0.1) is 5.41 Å². The molecule has 0 spiro atoms. The van der Waals surface area contributed by atoms with Gasteiger partial charge in [0.2, 0.25) is 0 Å². The third kappa shape index (κ3) is 8.22. The molecule has 1 rings (SSSR count). The normalized spacial score (nSPS) is 20.4. The van der Waals surface area contributed by atoms with Crippen molar-refractivity contribution in [1.82, 2.24) is 0 Å². The summed E-state index contributed by atoms with van der Waals surface area (Å²) in [5.41, 5.74) is 0.143. The second kappa shape index (κ2) is 8.54. The molecule has 1 heterocycles. The molecule has 4 heteroatoms. The molecule has 1 atom stereocenters. The molecule has 0 aromatic rings. The number of ether oxygens (including phenoxy) is 2. The largest absolute Gasteiger partial charge is 0.481 e. The first-order chi connectivity index (χ1) is 8.99. The fourth-order valence-corrected chi connectivity index (χ4v) is 2.29. The van der Waals surface area contributed by atoms with Crippen LogP contribution in [0.3, 0.4) is 0 Å². The third-order valence-electron chi connectivity index (χ3n) is 3.54.